The van der Waals surface area contributed by atoms with E-state index in [2.05, 4.69) is 20.1 Å². The maximum atomic E-state index is 11.3. The van der Waals surface area contributed by atoms with E-state index in [1.165, 1.54) is 0 Å². The number of aliphatic carboxylic acids is 1. The topological polar surface area (TPSA) is 98.2 Å². The number of carbonyl (C=O) groups is 1. The molecular weight excluding hydrogens is 308 g/mol. The number of hydrogen-bond donors (Lipinski definition) is 1. The van der Waals surface area contributed by atoms with E-state index in [0.717, 1.165) is 34.5 Å². The van der Waals surface area contributed by atoms with Crippen molar-refractivity contribution in [3.8, 4) is 0 Å². The molecule has 0 fully saturated rings. The van der Waals surface area contributed by atoms with Crippen LogP contribution < -0.4 is 0 Å². The summed E-state index contributed by atoms with van der Waals surface area (Å²) < 4.78 is 3.85. The molecule has 0 amide bonds. The van der Waals surface area contributed by atoms with E-state index in [0.29, 0.717) is 25.0 Å². The van der Waals surface area contributed by atoms with Crippen molar-refractivity contribution in [2.75, 3.05) is 0 Å². The van der Waals surface area contributed by atoms with Gasteiger partial charge in [-0.25, -0.2) is 4.98 Å². The maximum absolute atomic E-state index is 11.3. The summed E-state index contributed by atoms with van der Waals surface area (Å²) in [5.41, 5.74) is 4.47. The highest BCUT2D eigenvalue weighted by Gasteiger charge is 2.21. The Labute approximate surface area is 139 Å². The third-order valence-electron chi connectivity index (χ3n) is 4.80. The first kappa shape index (κ1) is 16.4. The number of pyridine rings is 1. The first-order chi connectivity index (χ1) is 11.5. The van der Waals surface area contributed by atoms with Crippen molar-refractivity contribution >= 4 is 22.6 Å². The van der Waals surface area contributed by atoms with E-state index in [4.69, 9.17) is 4.98 Å². The number of fused-ring (bicyclic) bond motifs is 3. The fourth-order valence-electron chi connectivity index (χ4n) is 3.22. The molecule has 3 aromatic heterocycles. The van der Waals surface area contributed by atoms with E-state index in [9.17, 15) is 9.90 Å². The number of imidazole rings is 1. The summed E-state index contributed by atoms with van der Waals surface area (Å²) in [6.07, 6.45) is 1.98. The van der Waals surface area contributed by atoms with Gasteiger partial charge in [-0.3, -0.25) is 4.79 Å². The molecule has 1 N–H and O–H groups in total. The van der Waals surface area contributed by atoms with Crippen LogP contribution in [0.4, 0.5) is 0 Å². The molecule has 0 saturated carbocycles. The van der Waals surface area contributed by atoms with Crippen molar-refractivity contribution in [3.05, 3.63) is 17.1 Å². The van der Waals surface area contributed by atoms with Crippen LogP contribution in [0, 0.1) is 19.8 Å². The molecule has 1 atom stereocenters. The molecule has 128 valence electrons. The molecular formula is C16H22N6O2. The van der Waals surface area contributed by atoms with E-state index >= 15 is 0 Å². The predicted molar refractivity (Wildman–Crippen MR) is 89.0 cm³/mol. The standard InChI is InChI=1S/C16H22N6O2/c1-5-11(16(23)24)7-8-21-12(6-2)17-13-14(21)9(3)10(4)22-15(13)18-19-20-22/h11H,5-8H2,1-4H3,(H,23,24). The predicted octanol–water partition coefficient (Wildman–Crippen LogP) is 2.15. The second-order valence-electron chi connectivity index (χ2n) is 6.09. The zero-order valence-electron chi connectivity index (χ0n) is 14.4. The Morgan fingerprint density at radius 3 is 2.67 bits per heavy atom. The van der Waals surface area contributed by atoms with E-state index in [1.54, 1.807) is 4.52 Å². The number of rotatable bonds is 6. The van der Waals surface area contributed by atoms with E-state index < -0.39 is 5.97 Å². The van der Waals surface area contributed by atoms with Gasteiger partial charge in [0.05, 0.1) is 11.4 Å². The molecule has 0 bridgehead atoms. The molecule has 0 saturated heterocycles. The summed E-state index contributed by atoms with van der Waals surface area (Å²) in [5, 5.41) is 21.2. The largest absolute Gasteiger partial charge is 0.481 e. The van der Waals surface area contributed by atoms with Crippen LogP contribution in [-0.2, 0) is 17.8 Å². The molecule has 3 heterocycles. The van der Waals surface area contributed by atoms with Gasteiger partial charge in [-0.1, -0.05) is 13.8 Å². The Kier molecular flexibility index (Phi) is 4.21. The average Bonchev–Trinajstić information content (AvgIpc) is 3.17. The zero-order chi connectivity index (χ0) is 17.4. The highest BCUT2D eigenvalue weighted by atomic mass is 16.4. The molecule has 3 aromatic rings. The Morgan fingerprint density at radius 2 is 2.04 bits per heavy atom. The molecule has 24 heavy (non-hydrogen) atoms. The van der Waals surface area contributed by atoms with E-state index in [-0.39, 0.29) is 5.92 Å². The molecule has 0 aromatic carbocycles. The summed E-state index contributed by atoms with van der Waals surface area (Å²) in [4.78, 5) is 16.0. The average molecular weight is 330 g/mol. The second kappa shape index (κ2) is 6.18. The van der Waals surface area contributed by atoms with Crippen LogP contribution in [0.15, 0.2) is 0 Å². The molecule has 0 spiro atoms. The zero-order valence-corrected chi connectivity index (χ0v) is 14.4. The summed E-state index contributed by atoms with van der Waals surface area (Å²) in [6.45, 7) is 8.60. The van der Waals surface area contributed by atoms with Crippen LogP contribution in [0.3, 0.4) is 0 Å². The van der Waals surface area contributed by atoms with Gasteiger partial charge in [0.25, 0.3) is 0 Å². The van der Waals surface area contributed by atoms with Crippen molar-refractivity contribution in [3.63, 3.8) is 0 Å². The van der Waals surface area contributed by atoms with Crippen LogP contribution in [0.5, 0.6) is 0 Å². The SMILES string of the molecule is CCc1nc2c(c(C)c(C)n3nnnc23)n1CCC(CC)C(=O)O. The normalized spacial score (nSPS) is 13.0. The van der Waals surface area contributed by atoms with Crippen molar-refractivity contribution in [1.82, 2.24) is 29.6 Å². The Hall–Kier alpha value is -2.51. The lowest BCUT2D eigenvalue weighted by Crippen LogP contribution is -2.16. The lowest BCUT2D eigenvalue weighted by atomic mass is 10.0. The van der Waals surface area contributed by atoms with Crippen molar-refractivity contribution in [2.45, 2.75) is 53.5 Å². The minimum absolute atomic E-state index is 0.341. The molecule has 8 nitrogen and oxygen atoms in total. The minimum atomic E-state index is -0.739. The maximum Gasteiger partial charge on any atom is 0.306 e. The minimum Gasteiger partial charge on any atom is -0.481 e. The van der Waals surface area contributed by atoms with Gasteiger partial charge in [0.15, 0.2) is 0 Å². The van der Waals surface area contributed by atoms with Gasteiger partial charge in [0.2, 0.25) is 5.65 Å². The van der Waals surface area contributed by atoms with E-state index in [1.807, 2.05) is 27.7 Å². The molecule has 3 rings (SSSR count). The fourth-order valence-corrected chi connectivity index (χ4v) is 3.22. The second-order valence-corrected chi connectivity index (χ2v) is 6.09. The number of tetrazole rings is 1. The van der Waals surface area contributed by atoms with Crippen LogP contribution in [0.1, 0.15) is 43.8 Å². The monoisotopic (exact) mass is 330 g/mol. The first-order valence-electron chi connectivity index (χ1n) is 8.28. The highest BCUT2D eigenvalue weighted by Crippen LogP contribution is 2.27. The number of carboxylic acids is 1. The number of carboxylic acid groups (broad SMARTS) is 1. The number of aromatic nitrogens is 6. The lowest BCUT2D eigenvalue weighted by Gasteiger charge is -2.14. The number of aryl methyl sites for hydroxylation is 4. The van der Waals surface area contributed by atoms with Crippen molar-refractivity contribution in [2.24, 2.45) is 5.92 Å². The summed E-state index contributed by atoms with van der Waals surface area (Å²) in [5.74, 6) is -0.146. The first-order valence-corrected chi connectivity index (χ1v) is 8.28. The van der Waals surface area contributed by atoms with Crippen molar-refractivity contribution < 1.29 is 9.90 Å². The van der Waals surface area contributed by atoms with Gasteiger partial charge in [-0.15, -0.1) is 5.10 Å². The molecule has 0 aliphatic rings. The van der Waals surface area contributed by atoms with Gasteiger partial charge < -0.3 is 9.67 Å². The molecule has 0 aliphatic carbocycles. The van der Waals surface area contributed by atoms with Crippen LogP contribution in [0.2, 0.25) is 0 Å². The summed E-state index contributed by atoms with van der Waals surface area (Å²) in [7, 11) is 0. The van der Waals surface area contributed by atoms with Crippen LogP contribution in [0.25, 0.3) is 16.7 Å². The van der Waals surface area contributed by atoms with Gasteiger partial charge >= 0.3 is 5.97 Å². The van der Waals surface area contributed by atoms with Crippen molar-refractivity contribution in [1.29, 1.82) is 0 Å². The Balaban J connectivity index is 2.16. The van der Waals surface area contributed by atoms with Crippen LogP contribution >= 0.6 is 0 Å². The van der Waals surface area contributed by atoms with Gasteiger partial charge in [-0.2, -0.15) is 4.52 Å². The summed E-state index contributed by atoms with van der Waals surface area (Å²) >= 11 is 0. The third-order valence-corrected chi connectivity index (χ3v) is 4.80. The number of hydrogen-bond acceptors (Lipinski definition) is 5. The Morgan fingerprint density at radius 1 is 1.29 bits per heavy atom. The number of nitrogens with zero attached hydrogens (tertiary/aromatic N) is 6. The lowest BCUT2D eigenvalue weighted by molar-refractivity contribution is -0.142. The molecule has 0 radical (unpaired) electrons. The molecule has 0 aliphatic heterocycles. The summed E-state index contributed by atoms with van der Waals surface area (Å²) in [6, 6.07) is 0. The van der Waals surface area contributed by atoms with Gasteiger partial charge in [0, 0.05) is 18.7 Å². The third kappa shape index (κ3) is 2.42. The molecule has 8 heteroatoms. The molecule has 1 unspecified atom stereocenters. The Bertz CT molecular complexity index is 910. The van der Waals surface area contributed by atoms with Gasteiger partial charge in [-0.05, 0) is 42.7 Å². The van der Waals surface area contributed by atoms with Crippen LogP contribution in [-0.4, -0.2) is 40.7 Å². The van der Waals surface area contributed by atoms with Gasteiger partial charge in [0.1, 0.15) is 11.3 Å². The smallest absolute Gasteiger partial charge is 0.306 e. The quantitative estimate of drug-likeness (QED) is 0.743. The highest BCUT2D eigenvalue weighted by molar-refractivity contribution is 5.91. The fraction of sp³-hybridized carbons (Fsp3) is 0.562.